The van der Waals surface area contributed by atoms with Crippen LogP contribution < -0.4 is 5.32 Å². The Kier molecular flexibility index (Phi) is 4.64. The van der Waals surface area contributed by atoms with Crippen LogP contribution in [0, 0.1) is 0 Å². The number of fused-ring (bicyclic) bond motifs is 1. The summed E-state index contributed by atoms with van der Waals surface area (Å²) in [6.07, 6.45) is -2.59. The lowest BCUT2D eigenvalue weighted by atomic mass is 10.1. The van der Waals surface area contributed by atoms with Crippen LogP contribution in [0.2, 0.25) is 0 Å². The lowest BCUT2D eigenvalue weighted by Gasteiger charge is -2.10. The SMILES string of the molecule is O=C(NCc1cccc(C(F)(F)F)c1)c1nc2sccn2c1-c1ccccc1. The third kappa shape index (κ3) is 3.50. The predicted molar refractivity (Wildman–Crippen MR) is 101 cm³/mol. The largest absolute Gasteiger partial charge is 0.416 e. The molecule has 0 unspecified atom stereocenters. The molecular weight excluding hydrogens is 387 g/mol. The van der Waals surface area contributed by atoms with Gasteiger partial charge in [0.15, 0.2) is 10.7 Å². The van der Waals surface area contributed by atoms with Crippen molar-refractivity contribution in [2.24, 2.45) is 0 Å². The van der Waals surface area contributed by atoms with Crippen LogP contribution in [0.25, 0.3) is 16.2 Å². The van der Waals surface area contributed by atoms with E-state index in [1.54, 1.807) is 6.07 Å². The van der Waals surface area contributed by atoms with Gasteiger partial charge in [0.05, 0.1) is 11.3 Å². The third-order valence-electron chi connectivity index (χ3n) is 4.23. The van der Waals surface area contributed by atoms with E-state index in [2.05, 4.69) is 10.3 Å². The Morgan fingerprint density at radius 1 is 1.11 bits per heavy atom. The highest BCUT2D eigenvalue weighted by molar-refractivity contribution is 7.15. The van der Waals surface area contributed by atoms with E-state index in [1.807, 2.05) is 46.3 Å². The Balaban J connectivity index is 1.61. The van der Waals surface area contributed by atoms with Gasteiger partial charge in [0, 0.05) is 23.7 Å². The summed E-state index contributed by atoms with van der Waals surface area (Å²) in [5.74, 6) is -0.438. The quantitative estimate of drug-likeness (QED) is 0.522. The van der Waals surface area contributed by atoms with Crippen LogP contribution in [0.5, 0.6) is 0 Å². The van der Waals surface area contributed by atoms with E-state index in [4.69, 9.17) is 0 Å². The van der Waals surface area contributed by atoms with E-state index in [0.29, 0.717) is 16.2 Å². The first-order chi connectivity index (χ1) is 13.4. The molecule has 0 aliphatic carbocycles. The van der Waals surface area contributed by atoms with Gasteiger partial charge in [-0.1, -0.05) is 42.5 Å². The van der Waals surface area contributed by atoms with Crippen LogP contribution in [0.3, 0.4) is 0 Å². The molecule has 2 aromatic carbocycles. The van der Waals surface area contributed by atoms with Crippen molar-refractivity contribution in [1.82, 2.24) is 14.7 Å². The number of halogens is 3. The third-order valence-corrected chi connectivity index (χ3v) is 4.99. The second kappa shape index (κ2) is 7.12. The fourth-order valence-corrected chi connectivity index (χ4v) is 3.65. The van der Waals surface area contributed by atoms with Crippen molar-refractivity contribution in [3.63, 3.8) is 0 Å². The Bertz CT molecular complexity index is 1130. The molecule has 1 amide bonds. The summed E-state index contributed by atoms with van der Waals surface area (Å²) in [4.78, 5) is 17.8. The molecule has 0 aliphatic heterocycles. The van der Waals surface area contributed by atoms with E-state index < -0.39 is 17.6 Å². The number of hydrogen-bond acceptors (Lipinski definition) is 3. The van der Waals surface area contributed by atoms with Gasteiger partial charge in [-0.15, -0.1) is 11.3 Å². The summed E-state index contributed by atoms with van der Waals surface area (Å²) in [6.45, 7) is -0.0256. The van der Waals surface area contributed by atoms with Gasteiger partial charge in [-0.05, 0) is 17.7 Å². The Morgan fingerprint density at radius 3 is 2.64 bits per heavy atom. The number of nitrogens with one attached hydrogen (secondary N) is 1. The van der Waals surface area contributed by atoms with E-state index in [-0.39, 0.29) is 12.2 Å². The van der Waals surface area contributed by atoms with Gasteiger partial charge in [-0.25, -0.2) is 4.98 Å². The monoisotopic (exact) mass is 401 g/mol. The van der Waals surface area contributed by atoms with E-state index in [1.165, 1.54) is 17.4 Å². The number of carbonyl (C=O) groups is 1. The Labute approximate surface area is 162 Å². The van der Waals surface area contributed by atoms with Crippen LogP contribution in [-0.4, -0.2) is 15.3 Å². The zero-order valence-corrected chi connectivity index (χ0v) is 15.2. The number of alkyl halides is 3. The molecule has 4 nitrogen and oxygen atoms in total. The lowest BCUT2D eigenvalue weighted by Crippen LogP contribution is -2.24. The molecule has 0 atom stereocenters. The smallest absolute Gasteiger partial charge is 0.347 e. The molecule has 0 bridgehead atoms. The zero-order valence-electron chi connectivity index (χ0n) is 14.4. The van der Waals surface area contributed by atoms with Crippen molar-refractivity contribution >= 4 is 22.2 Å². The van der Waals surface area contributed by atoms with Crippen molar-refractivity contribution in [2.75, 3.05) is 0 Å². The molecule has 2 aromatic heterocycles. The van der Waals surface area contributed by atoms with Gasteiger partial charge in [0.1, 0.15) is 0 Å². The summed E-state index contributed by atoms with van der Waals surface area (Å²) >= 11 is 1.40. The summed E-state index contributed by atoms with van der Waals surface area (Å²) < 4.78 is 40.4. The number of rotatable bonds is 4. The first-order valence-electron chi connectivity index (χ1n) is 8.39. The maximum atomic E-state index is 12.9. The van der Waals surface area contributed by atoms with Crippen molar-refractivity contribution in [3.8, 4) is 11.3 Å². The maximum Gasteiger partial charge on any atom is 0.416 e. The van der Waals surface area contributed by atoms with Gasteiger partial charge in [-0.2, -0.15) is 13.2 Å². The molecule has 1 N–H and O–H groups in total. The zero-order chi connectivity index (χ0) is 19.7. The lowest BCUT2D eigenvalue weighted by molar-refractivity contribution is -0.137. The molecule has 0 saturated heterocycles. The van der Waals surface area contributed by atoms with Gasteiger partial charge < -0.3 is 5.32 Å². The highest BCUT2D eigenvalue weighted by Gasteiger charge is 2.30. The fraction of sp³-hybridized carbons (Fsp3) is 0.100. The van der Waals surface area contributed by atoms with Crippen LogP contribution in [0.1, 0.15) is 21.6 Å². The Morgan fingerprint density at radius 2 is 1.89 bits per heavy atom. The molecule has 4 rings (SSSR count). The number of amides is 1. The highest BCUT2D eigenvalue weighted by atomic mass is 32.1. The number of carbonyl (C=O) groups excluding carboxylic acids is 1. The first-order valence-corrected chi connectivity index (χ1v) is 9.27. The number of aromatic nitrogens is 2. The standard InChI is InChI=1S/C20H14F3N3OS/c21-20(22,23)15-8-4-5-13(11-15)12-24-18(27)16-17(14-6-2-1-3-7-14)26-9-10-28-19(26)25-16/h1-11H,12H2,(H,24,27). The van der Waals surface area contributed by atoms with Crippen LogP contribution >= 0.6 is 11.3 Å². The second-order valence-corrected chi connectivity index (χ2v) is 6.98. The van der Waals surface area contributed by atoms with E-state index in [0.717, 1.165) is 17.7 Å². The number of nitrogens with zero attached hydrogens (tertiary/aromatic N) is 2. The van der Waals surface area contributed by atoms with Crippen molar-refractivity contribution in [1.29, 1.82) is 0 Å². The molecule has 0 spiro atoms. The number of thiazole rings is 1. The molecule has 28 heavy (non-hydrogen) atoms. The number of benzene rings is 2. The maximum absolute atomic E-state index is 12.9. The summed E-state index contributed by atoms with van der Waals surface area (Å²) in [5, 5.41) is 4.55. The molecule has 4 aromatic rings. The van der Waals surface area contributed by atoms with Crippen LogP contribution in [0.4, 0.5) is 13.2 Å². The van der Waals surface area contributed by atoms with E-state index >= 15 is 0 Å². The molecule has 142 valence electrons. The minimum atomic E-state index is -4.42. The van der Waals surface area contributed by atoms with Crippen molar-refractivity contribution in [3.05, 3.63) is 83.0 Å². The summed E-state index contributed by atoms with van der Waals surface area (Å²) in [6, 6.07) is 14.3. The fourth-order valence-electron chi connectivity index (χ4n) is 2.94. The normalized spacial score (nSPS) is 11.7. The average Bonchev–Trinajstić information content (AvgIpc) is 3.27. The van der Waals surface area contributed by atoms with Gasteiger partial charge in [0.2, 0.25) is 0 Å². The van der Waals surface area contributed by atoms with Crippen molar-refractivity contribution < 1.29 is 18.0 Å². The molecule has 0 radical (unpaired) electrons. The summed E-state index contributed by atoms with van der Waals surface area (Å²) in [7, 11) is 0. The van der Waals surface area contributed by atoms with Crippen LogP contribution in [-0.2, 0) is 12.7 Å². The summed E-state index contributed by atoms with van der Waals surface area (Å²) in [5.41, 5.74) is 1.35. The number of imidazole rings is 1. The van der Waals surface area contributed by atoms with Crippen LogP contribution in [0.15, 0.2) is 66.2 Å². The minimum absolute atomic E-state index is 0.0256. The Hall–Kier alpha value is -3.13. The molecule has 0 fully saturated rings. The highest BCUT2D eigenvalue weighted by Crippen LogP contribution is 2.30. The first kappa shape index (κ1) is 18.2. The van der Waals surface area contributed by atoms with Gasteiger partial charge in [0.25, 0.3) is 5.91 Å². The topological polar surface area (TPSA) is 46.4 Å². The van der Waals surface area contributed by atoms with Gasteiger partial charge in [-0.3, -0.25) is 9.20 Å². The number of hydrogen-bond donors (Lipinski definition) is 1. The molecule has 0 saturated carbocycles. The molecule has 0 aliphatic rings. The van der Waals surface area contributed by atoms with Crippen molar-refractivity contribution in [2.45, 2.75) is 12.7 Å². The van der Waals surface area contributed by atoms with Gasteiger partial charge >= 0.3 is 6.18 Å². The molecule has 2 heterocycles. The predicted octanol–water partition coefficient (Wildman–Crippen LogP) is 5.01. The molecule has 8 heteroatoms. The average molecular weight is 401 g/mol. The minimum Gasteiger partial charge on any atom is -0.347 e. The van der Waals surface area contributed by atoms with E-state index in [9.17, 15) is 18.0 Å². The molecular formula is C20H14F3N3OS. The second-order valence-electron chi connectivity index (χ2n) is 6.11.